The van der Waals surface area contributed by atoms with E-state index in [1.165, 1.54) is 0 Å². The van der Waals surface area contributed by atoms with Crippen molar-refractivity contribution >= 4 is 35.7 Å². The molecule has 0 fully saturated rings. The van der Waals surface area contributed by atoms with Gasteiger partial charge in [0.1, 0.15) is 12.1 Å². The third-order valence-corrected chi connectivity index (χ3v) is 4.20. The number of nitrogens with zero attached hydrogens (tertiary/aromatic N) is 1. The fourth-order valence-electron chi connectivity index (χ4n) is 2.53. The Labute approximate surface area is 184 Å². The Morgan fingerprint density at radius 1 is 0.844 bits per heavy atom. The molecule has 0 saturated heterocycles. The highest BCUT2D eigenvalue weighted by atomic mass is 16.4. The number of rotatable bonds is 16. The van der Waals surface area contributed by atoms with Crippen molar-refractivity contribution in [3.8, 4) is 0 Å². The van der Waals surface area contributed by atoms with Gasteiger partial charge < -0.3 is 49.7 Å². The number of hydrogen-bond acceptors (Lipinski definition) is 7. The highest BCUT2D eigenvalue weighted by Crippen LogP contribution is 2.04. The molecular weight excluding hydrogens is 426 g/mol. The van der Waals surface area contributed by atoms with Crippen LogP contribution in [-0.4, -0.2) is 72.0 Å². The number of aliphatic imine (C=N–C) groups is 1. The summed E-state index contributed by atoms with van der Waals surface area (Å²) in [6, 6.07) is -4.22. The Hall–Kier alpha value is -3.62. The molecule has 0 bridgehead atoms. The van der Waals surface area contributed by atoms with Crippen LogP contribution < -0.4 is 44.6 Å². The molecular formula is C17H33N9O6. The van der Waals surface area contributed by atoms with Gasteiger partial charge in [0.25, 0.3) is 0 Å². The van der Waals surface area contributed by atoms with Crippen LogP contribution in [0.3, 0.4) is 0 Å². The van der Waals surface area contributed by atoms with E-state index in [-0.39, 0.29) is 51.2 Å². The summed E-state index contributed by atoms with van der Waals surface area (Å²) in [6.07, 6.45) is 0.464. The van der Waals surface area contributed by atoms with E-state index >= 15 is 0 Å². The third-order valence-electron chi connectivity index (χ3n) is 4.20. The number of nitrogens with two attached hydrogens (primary N) is 5. The lowest BCUT2D eigenvalue weighted by atomic mass is 10.1. The van der Waals surface area contributed by atoms with Gasteiger partial charge in [0.2, 0.25) is 17.7 Å². The molecule has 0 aliphatic carbocycles. The van der Waals surface area contributed by atoms with Crippen LogP contribution in [0, 0.1) is 0 Å². The van der Waals surface area contributed by atoms with Gasteiger partial charge in [-0.3, -0.25) is 19.4 Å². The fourth-order valence-corrected chi connectivity index (χ4v) is 2.53. The molecule has 0 unspecified atom stereocenters. The zero-order valence-corrected chi connectivity index (χ0v) is 17.7. The lowest BCUT2D eigenvalue weighted by molar-refractivity contribution is -0.142. The maximum atomic E-state index is 12.6. The Kier molecular flexibility index (Phi) is 13.5. The van der Waals surface area contributed by atoms with E-state index < -0.39 is 47.8 Å². The minimum absolute atomic E-state index is 0.0285. The fraction of sp³-hybridized carbons (Fsp3) is 0.647. The summed E-state index contributed by atoms with van der Waals surface area (Å²) < 4.78 is 0. The number of carboxylic acids is 1. The molecule has 3 atom stereocenters. The van der Waals surface area contributed by atoms with Gasteiger partial charge in [0.05, 0.1) is 6.04 Å². The van der Waals surface area contributed by atoms with E-state index in [1.807, 2.05) is 0 Å². The number of amides is 5. The Balaban J connectivity index is 4.97. The predicted molar refractivity (Wildman–Crippen MR) is 115 cm³/mol. The lowest BCUT2D eigenvalue weighted by Gasteiger charge is -2.22. The minimum atomic E-state index is -1.29. The van der Waals surface area contributed by atoms with Crippen molar-refractivity contribution in [3.63, 3.8) is 0 Å². The number of nitrogens with one attached hydrogen (secondary N) is 3. The Morgan fingerprint density at radius 3 is 2.00 bits per heavy atom. The number of guanidine groups is 1. The Morgan fingerprint density at radius 2 is 1.47 bits per heavy atom. The zero-order valence-electron chi connectivity index (χ0n) is 17.7. The molecule has 0 spiro atoms. The van der Waals surface area contributed by atoms with Crippen LogP contribution in [0.15, 0.2) is 4.99 Å². The quantitative estimate of drug-likeness (QED) is 0.0618. The second-order valence-electron chi connectivity index (χ2n) is 6.95. The number of aliphatic carboxylic acids is 1. The topological polar surface area (TPSA) is 284 Å². The van der Waals surface area contributed by atoms with Crippen LogP contribution in [0.2, 0.25) is 0 Å². The van der Waals surface area contributed by atoms with Crippen molar-refractivity contribution in [3.05, 3.63) is 0 Å². The van der Waals surface area contributed by atoms with Gasteiger partial charge in [-0.05, 0) is 32.1 Å². The van der Waals surface area contributed by atoms with E-state index in [2.05, 4.69) is 20.9 Å². The van der Waals surface area contributed by atoms with Gasteiger partial charge in [-0.25, -0.2) is 9.59 Å². The molecule has 0 rings (SSSR count). The number of primary amides is 2. The highest BCUT2D eigenvalue weighted by molar-refractivity contribution is 5.92. The largest absolute Gasteiger partial charge is 0.480 e. The number of carbonyl (C=O) groups excluding carboxylic acids is 4. The summed E-state index contributed by atoms with van der Waals surface area (Å²) in [5.74, 6) is -3.63. The van der Waals surface area contributed by atoms with E-state index in [1.54, 1.807) is 0 Å². The van der Waals surface area contributed by atoms with Gasteiger partial charge >= 0.3 is 12.0 Å². The summed E-state index contributed by atoms with van der Waals surface area (Å²) in [5, 5.41) is 16.4. The van der Waals surface area contributed by atoms with Gasteiger partial charge in [0.15, 0.2) is 5.96 Å². The first-order chi connectivity index (χ1) is 14.9. The summed E-state index contributed by atoms with van der Waals surface area (Å²) in [5.41, 5.74) is 26.2. The standard InChI is InChI=1S/C17H33N9O6/c18-9(3-1-8-24-17(22)32)13(28)25-10(5-6-12(19)27)14(29)26-11(15(30)31)4-2-7-23-16(20)21/h9-11H,1-8,18H2,(H2,19,27)(H,25,28)(H,26,29)(H,30,31)(H4,20,21,23)(H3,22,24,32)/t9-,10-,11-/m0/s1. The Bertz CT molecular complexity index is 696. The molecule has 0 heterocycles. The van der Waals surface area contributed by atoms with E-state index in [9.17, 15) is 29.1 Å². The molecule has 182 valence electrons. The van der Waals surface area contributed by atoms with Crippen LogP contribution in [0.4, 0.5) is 4.79 Å². The minimum Gasteiger partial charge on any atom is -0.480 e. The highest BCUT2D eigenvalue weighted by Gasteiger charge is 2.28. The lowest BCUT2D eigenvalue weighted by Crippen LogP contribution is -2.54. The van der Waals surface area contributed by atoms with E-state index in [0.717, 1.165) is 0 Å². The number of carboxylic acid groups (broad SMARTS) is 1. The number of carbonyl (C=O) groups is 5. The summed E-state index contributed by atoms with van der Waals surface area (Å²) in [4.78, 5) is 61.9. The van der Waals surface area contributed by atoms with Crippen LogP contribution >= 0.6 is 0 Å². The molecule has 0 aromatic heterocycles. The SMILES string of the molecule is NC(=O)CC[C@H](NC(=O)[C@@H](N)CCCNC(N)=O)C(=O)N[C@@H](CCCN=C(N)N)C(=O)O. The summed E-state index contributed by atoms with van der Waals surface area (Å²) in [7, 11) is 0. The maximum absolute atomic E-state index is 12.6. The molecule has 32 heavy (non-hydrogen) atoms. The van der Waals surface area contributed by atoms with E-state index in [0.29, 0.717) is 6.42 Å². The molecule has 0 aromatic rings. The van der Waals surface area contributed by atoms with Gasteiger partial charge in [-0.15, -0.1) is 0 Å². The van der Waals surface area contributed by atoms with E-state index in [4.69, 9.17) is 28.7 Å². The van der Waals surface area contributed by atoms with Crippen molar-refractivity contribution in [1.82, 2.24) is 16.0 Å². The zero-order chi connectivity index (χ0) is 24.7. The van der Waals surface area contributed by atoms with Crippen LogP contribution in [0.25, 0.3) is 0 Å². The van der Waals surface area contributed by atoms with Gasteiger partial charge in [-0.2, -0.15) is 0 Å². The smallest absolute Gasteiger partial charge is 0.326 e. The molecule has 15 heteroatoms. The second-order valence-corrected chi connectivity index (χ2v) is 6.95. The molecule has 15 nitrogen and oxygen atoms in total. The first-order valence-corrected chi connectivity index (χ1v) is 9.90. The van der Waals surface area contributed by atoms with Crippen LogP contribution in [0.1, 0.15) is 38.5 Å². The van der Waals surface area contributed by atoms with Crippen LogP contribution in [-0.2, 0) is 19.2 Å². The average molecular weight is 460 g/mol. The molecule has 14 N–H and O–H groups in total. The average Bonchev–Trinajstić information content (AvgIpc) is 2.69. The van der Waals surface area contributed by atoms with Crippen molar-refractivity contribution in [2.45, 2.75) is 56.7 Å². The first-order valence-electron chi connectivity index (χ1n) is 9.90. The van der Waals surface area contributed by atoms with Crippen molar-refractivity contribution in [2.75, 3.05) is 13.1 Å². The first kappa shape index (κ1) is 28.4. The summed E-state index contributed by atoms with van der Waals surface area (Å²) >= 11 is 0. The second kappa shape index (κ2) is 15.2. The molecule has 0 aliphatic heterocycles. The normalized spacial score (nSPS) is 13.2. The number of urea groups is 1. The predicted octanol–water partition coefficient (Wildman–Crippen LogP) is -3.86. The van der Waals surface area contributed by atoms with Gasteiger partial charge in [-0.1, -0.05) is 0 Å². The molecule has 0 radical (unpaired) electrons. The number of hydrogen-bond donors (Lipinski definition) is 9. The molecule has 0 saturated carbocycles. The van der Waals surface area contributed by atoms with Crippen molar-refractivity contribution in [1.29, 1.82) is 0 Å². The molecule has 0 aromatic carbocycles. The molecule has 5 amide bonds. The maximum Gasteiger partial charge on any atom is 0.326 e. The van der Waals surface area contributed by atoms with Crippen molar-refractivity contribution in [2.24, 2.45) is 33.7 Å². The van der Waals surface area contributed by atoms with Gasteiger partial charge in [0, 0.05) is 19.5 Å². The monoisotopic (exact) mass is 459 g/mol. The molecule has 0 aliphatic rings. The summed E-state index contributed by atoms with van der Waals surface area (Å²) in [6.45, 7) is 0.380. The third kappa shape index (κ3) is 13.6. The van der Waals surface area contributed by atoms with Crippen molar-refractivity contribution < 1.29 is 29.1 Å². The van der Waals surface area contributed by atoms with Crippen LogP contribution in [0.5, 0.6) is 0 Å².